The number of aliphatic hydroxyl groups excluding tert-OH is 1. The lowest BCUT2D eigenvalue weighted by molar-refractivity contribution is -0.121. The van der Waals surface area contributed by atoms with E-state index in [1.165, 1.54) is 16.4 Å². The van der Waals surface area contributed by atoms with Crippen molar-refractivity contribution in [1.82, 2.24) is 9.62 Å². The van der Waals surface area contributed by atoms with Gasteiger partial charge in [-0.25, -0.2) is 8.42 Å². The van der Waals surface area contributed by atoms with E-state index >= 15 is 0 Å². The Morgan fingerprint density at radius 3 is 2.48 bits per heavy atom. The molecule has 0 unspecified atom stereocenters. The van der Waals surface area contributed by atoms with E-state index in [1.807, 2.05) is 44.2 Å². The molecule has 1 aliphatic heterocycles. The van der Waals surface area contributed by atoms with E-state index in [0.717, 1.165) is 5.56 Å². The maximum absolute atomic E-state index is 13.5. The molecule has 9 nitrogen and oxygen atoms in total. The molecule has 0 aromatic heterocycles. The molecular formula is C23H31N3O6S. The van der Waals surface area contributed by atoms with Gasteiger partial charge in [0.1, 0.15) is 0 Å². The lowest BCUT2D eigenvalue weighted by Crippen LogP contribution is -2.52. The number of carbonyl (C=O) groups is 1. The molecule has 3 rings (SSSR count). The highest BCUT2D eigenvalue weighted by molar-refractivity contribution is 7.89. The molecule has 1 amide bonds. The van der Waals surface area contributed by atoms with Crippen LogP contribution in [-0.2, 0) is 21.2 Å². The Bertz CT molecular complexity index is 1050. The first-order valence-corrected chi connectivity index (χ1v) is 12.3. The van der Waals surface area contributed by atoms with Crippen molar-refractivity contribution in [2.75, 3.05) is 26.4 Å². The van der Waals surface area contributed by atoms with Gasteiger partial charge in [-0.2, -0.15) is 4.31 Å². The number of nitrogens with zero attached hydrogens (tertiary/aromatic N) is 1. The summed E-state index contributed by atoms with van der Waals surface area (Å²) >= 11 is 0. The lowest BCUT2D eigenvalue weighted by atomic mass is 10.0. The second-order valence-electron chi connectivity index (χ2n) is 8.37. The van der Waals surface area contributed by atoms with E-state index in [0.29, 0.717) is 17.9 Å². The van der Waals surface area contributed by atoms with E-state index < -0.39 is 28.1 Å². The third kappa shape index (κ3) is 6.44. The second kappa shape index (κ2) is 11.0. The van der Waals surface area contributed by atoms with Gasteiger partial charge >= 0.3 is 0 Å². The number of benzene rings is 2. The van der Waals surface area contributed by atoms with Crippen LogP contribution in [0.5, 0.6) is 11.5 Å². The van der Waals surface area contributed by atoms with E-state index in [1.54, 1.807) is 6.07 Å². The summed E-state index contributed by atoms with van der Waals surface area (Å²) in [5, 5.41) is 13.8. The summed E-state index contributed by atoms with van der Waals surface area (Å²) in [6, 6.07) is 13.1. The maximum atomic E-state index is 13.5. The van der Waals surface area contributed by atoms with Crippen molar-refractivity contribution in [3.05, 3.63) is 54.1 Å². The molecule has 1 aliphatic rings. The molecule has 2 aromatic carbocycles. The number of aliphatic hydroxyl groups is 1. The van der Waals surface area contributed by atoms with Gasteiger partial charge in [0.25, 0.3) is 0 Å². The van der Waals surface area contributed by atoms with Crippen molar-refractivity contribution in [2.45, 2.75) is 37.3 Å². The number of nitrogens with one attached hydrogen (secondary N) is 1. The van der Waals surface area contributed by atoms with Crippen LogP contribution in [0.2, 0.25) is 0 Å². The minimum Gasteiger partial charge on any atom is -0.454 e. The molecular weight excluding hydrogens is 446 g/mol. The number of ether oxygens (including phenoxy) is 2. The van der Waals surface area contributed by atoms with Gasteiger partial charge < -0.3 is 25.6 Å². The number of amides is 1. The lowest BCUT2D eigenvalue weighted by Gasteiger charge is -2.30. The van der Waals surface area contributed by atoms with Crippen LogP contribution in [-0.4, -0.2) is 62.3 Å². The second-order valence-corrected chi connectivity index (χ2v) is 10.3. The quantitative estimate of drug-likeness (QED) is 0.442. The molecule has 0 fully saturated rings. The Hall–Kier alpha value is -2.66. The highest BCUT2D eigenvalue weighted by atomic mass is 32.2. The van der Waals surface area contributed by atoms with Crippen molar-refractivity contribution in [3.8, 4) is 11.5 Å². The van der Waals surface area contributed by atoms with Crippen molar-refractivity contribution < 1.29 is 27.8 Å². The van der Waals surface area contributed by atoms with Gasteiger partial charge in [-0.3, -0.25) is 4.79 Å². The first-order chi connectivity index (χ1) is 15.7. The molecule has 0 radical (unpaired) electrons. The topological polar surface area (TPSA) is 131 Å². The van der Waals surface area contributed by atoms with Gasteiger partial charge in [-0.05, 0) is 30.0 Å². The largest absolute Gasteiger partial charge is 0.454 e. The molecule has 0 spiro atoms. The summed E-state index contributed by atoms with van der Waals surface area (Å²) in [5.74, 6) is 0.423. The van der Waals surface area contributed by atoms with Crippen molar-refractivity contribution in [1.29, 1.82) is 0 Å². The standard InChI is InChI=1S/C23H31N3O6S/c1-16(2)13-26(33(29,30)18-8-9-21-22(11-18)32-15-31-21)14-20(27)19(25-23(28)12-24)10-17-6-4-3-5-7-17/h3-9,11,16,19-20,27H,10,12-15,24H2,1-2H3,(H,25,28)/t19-,20+/m0/s1. The Kier molecular flexibility index (Phi) is 8.30. The van der Waals surface area contributed by atoms with Gasteiger partial charge in [-0.15, -0.1) is 0 Å². The van der Waals surface area contributed by atoms with Gasteiger partial charge in [0.05, 0.1) is 23.6 Å². The fourth-order valence-corrected chi connectivity index (χ4v) is 5.25. The zero-order valence-electron chi connectivity index (χ0n) is 18.8. The first-order valence-electron chi connectivity index (χ1n) is 10.8. The molecule has 2 atom stereocenters. The minimum atomic E-state index is -3.95. The summed E-state index contributed by atoms with van der Waals surface area (Å²) in [6.45, 7) is 3.59. The van der Waals surface area contributed by atoms with Gasteiger partial charge in [0.15, 0.2) is 11.5 Å². The Labute approximate surface area is 194 Å². The Balaban J connectivity index is 1.85. The summed E-state index contributed by atoms with van der Waals surface area (Å²) in [4.78, 5) is 12.0. The molecule has 2 aromatic rings. The van der Waals surface area contributed by atoms with Gasteiger partial charge in [0, 0.05) is 19.2 Å². The van der Waals surface area contributed by atoms with Crippen molar-refractivity contribution >= 4 is 15.9 Å². The Morgan fingerprint density at radius 1 is 1.12 bits per heavy atom. The minimum absolute atomic E-state index is 0.00666. The summed E-state index contributed by atoms with van der Waals surface area (Å²) < 4.78 is 38.8. The molecule has 10 heteroatoms. The third-order valence-corrected chi connectivity index (χ3v) is 7.06. The predicted octanol–water partition coefficient (Wildman–Crippen LogP) is 1.11. The van der Waals surface area contributed by atoms with Crippen LogP contribution in [0.4, 0.5) is 0 Å². The van der Waals surface area contributed by atoms with Gasteiger partial charge in [-0.1, -0.05) is 44.2 Å². The number of sulfonamides is 1. The fourth-order valence-electron chi connectivity index (χ4n) is 3.62. The summed E-state index contributed by atoms with van der Waals surface area (Å²) in [7, 11) is -3.95. The van der Waals surface area contributed by atoms with Crippen molar-refractivity contribution in [3.63, 3.8) is 0 Å². The molecule has 0 saturated carbocycles. The van der Waals surface area contributed by atoms with Crippen molar-refractivity contribution in [2.24, 2.45) is 11.7 Å². The number of carbonyl (C=O) groups excluding carboxylic acids is 1. The number of nitrogens with two attached hydrogens (primary N) is 1. The number of hydrogen-bond acceptors (Lipinski definition) is 7. The van der Waals surface area contributed by atoms with E-state index in [2.05, 4.69) is 5.32 Å². The van der Waals surface area contributed by atoms with Crippen LogP contribution in [0.25, 0.3) is 0 Å². The monoisotopic (exact) mass is 477 g/mol. The average molecular weight is 478 g/mol. The number of hydrogen-bond donors (Lipinski definition) is 3. The van der Waals surface area contributed by atoms with Crippen LogP contribution in [0, 0.1) is 5.92 Å². The molecule has 0 saturated heterocycles. The highest BCUT2D eigenvalue weighted by Gasteiger charge is 2.32. The van der Waals surface area contributed by atoms with Crippen LogP contribution in [0.1, 0.15) is 19.4 Å². The smallest absolute Gasteiger partial charge is 0.243 e. The van der Waals surface area contributed by atoms with Crippen LogP contribution >= 0.6 is 0 Å². The zero-order chi connectivity index (χ0) is 24.0. The van der Waals surface area contributed by atoms with E-state index in [9.17, 15) is 18.3 Å². The first kappa shape index (κ1) is 25.0. The average Bonchev–Trinajstić information content (AvgIpc) is 3.26. The van der Waals surface area contributed by atoms with Crippen LogP contribution in [0.3, 0.4) is 0 Å². The molecule has 180 valence electrons. The summed E-state index contributed by atoms with van der Waals surface area (Å²) in [6.07, 6.45) is -0.837. The Morgan fingerprint density at radius 2 is 1.82 bits per heavy atom. The normalized spacial score (nSPS) is 15.0. The van der Waals surface area contributed by atoms with Crippen LogP contribution < -0.4 is 20.5 Å². The van der Waals surface area contributed by atoms with Gasteiger partial charge in [0.2, 0.25) is 22.7 Å². The molecule has 0 aliphatic carbocycles. The zero-order valence-corrected chi connectivity index (χ0v) is 19.6. The predicted molar refractivity (Wildman–Crippen MR) is 123 cm³/mol. The highest BCUT2D eigenvalue weighted by Crippen LogP contribution is 2.34. The van der Waals surface area contributed by atoms with E-state index in [4.69, 9.17) is 15.2 Å². The maximum Gasteiger partial charge on any atom is 0.243 e. The fraction of sp³-hybridized carbons (Fsp3) is 0.435. The molecule has 4 N–H and O–H groups in total. The SMILES string of the molecule is CC(C)CN(C[C@@H](O)[C@H](Cc1ccccc1)NC(=O)CN)S(=O)(=O)c1ccc2c(c1)OCO2. The van der Waals surface area contributed by atoms with E-state index in [-0.39, 0.29) is 37.2 Å². The summed E-state index contributed by atoms with van der Waals surface area (Å²) in [5.41, 5.74) is 6.35. The molecule has 1 heterocycles. The molecule has 33 heavy (non-hydrogen) atoms. The molecule has 0 bridgehead atoms. The third-order valence-electron chi connectivity index (χ3n) is 5.24. The number of rotatable bonds is 11. The number of fused-ring (bicyclic) bond motifs is 1. The van der Waals surface area contributed by atoms with Crippen LogP contribution in [0.15, 0.2) is 53.4 Å².